The molecule has 0 saturated heterocycles. The summed E-state index contributed by atoms with van der Waals surface area (Å²) in [6.45, 7) is 2.79. The van der Waals surface area contributed by atoms with Gasteiger partial charge in [-0.2, -0.15) is 0 Å². The van der Waals surface area contributed by atoms with Crippen molar-refractivity contribution in [2.24, 2.45) is 0 Å². The van der Waals surface area contributed by atoms with Gasteiger partial charge in [0.25, 0.3) is 5.91 Å². The molecule has 0 fully saturated rings. The van der Waals surface area contributed by atoms with Crippen molar-refractivity contribution in [3.05, 3.63) is 35.4 Å². The molecular weight excluding hydrogens is 234 g/mol. The molecule has 0 heterocycles. The molecule has 0 radical (unpaired) electrons. The molecule has 0 aliphatic rings. The molecule has 0 aliphatic heterocycles. The van der Waals surface area contributed by atoms with Crippen LogP contribution >= 0.6 is 11.6 Å². The second-order valence-electron chi connectivity index (χ2n) is 4.35. The molecule has 94 valence electrons. The first kappa shape index (κ1) is 14.0. The monoisotopic (exact) mass is 253 g/mol. The van der Waals surface area contributed by atoms with Gasteiger partial charge in [-0.15, -0.1) is 11.6 Å². The molecule has 2 nitrogen and oxygen atoms in total. The fraction of sp³-hybridized carbons (Fsp3) is 0.500. The largest absolute Gasteiger partial charge is 0.342 e. The number of nitrogens with zero attached hydrogens (tertiary/aromatic N) is 1. The van der Waals surface area contributed by atoms with Crippen molar-refractivity contribution < 1.29 is 4.79 Å². The SMILES string of the molecule is Cc1cccc(C(=O)N(C)CCCCCCl)c1. The number of rotatable bonds is 6. The van der Waals surface area contributed by atoms with Gasteiger partial charge >= 0.3 is 0 Å². The Kier molecular flexibility index (Phi) is 6.06. The van der Waals surface area contributed by atoms with Crippen LogP contribution in [0.2, 0.25) is 0 Å². The van der Waals surface area contributed by atoms with Crippen molar-refractivity contribution in [2.45, 2.75) is 26.2 Å². The molecule has 0 atom stereocenters. The molecule has 1 aromatic rings. The van der Waals surface area contributed by atoms with E-state index in [1.807, 2.05) is 38.2 Å². The molecule has 0 unspecified atom stereocenters. The summed E-state index contributed by atoms with van der Waals surface area (Å²) in [5.41, 5.74) is 1.89. The highest BCUT2D eigenvalue weighted by atomic mass is 35.5. The van der Waals surface area contributed by atoms with E-state index in [9.17, 15) is 4.79 Å². The zero-order valence-electron chi connectivity index (χ0n) is 10.6. The van der Waals surface area contributed by atoms with Gasteiger partial charge in [-0.05, 0) is 31.9 Å². The summed E-state index contributed by atoms with van der Waals surface area (Å²) >= 11 is 5.61. The van der Waals surface area contributed by atoms with Crippen LogP contribution in [0.1, 0.15) is 35.2 Å². The van der Waals surface area contributed by atoms with E-state index in [-0.39, 0.29) is 5.91 Å². The van der Waals surface area contributed by atoms with Crippen LogP contribution in [0.4, 0.5) is 0 Å². The second kappa shape index (κ2) is 7.33. The Balaban J connectivity index is 2.46. The number of alkyl halides is 1. The number of carbonyl (C=O) groups excluding carboxylic acids is 1. The van der Waals surface area contributed by atoms with Crippen molar-refractivity contribution in [1.82, 2.24) is 4.90 Å². The van der Waals surface area contributed by atoms with Crippen LogP contribution in [0.5, 0.6) is 0 Å². The van der Waals surface area contributed by atoms with Gasteiger partial charge in [-0.1, -0.05) is 24.1 Å². The predicted molar refractivity (Wildman–Crippen MR) is 72.7 cm³/mol. The topological polar surface area (TPSA) is 20.3 Å². The molecule has 0 bridgehead atoms. The number of aryl methyl sites for hydroxylation is 1. The molecule has 0 aliphatic carbocycles. The number of carbonyl (C=O) groups is 1. The number of hydrogen-bond acceptors (Lipinski definition) is 1. The Hall–Kier alpha value is -1.02. The number of unbranched alkanes of at least 4 members (excludes halogenated alkanes) is 2. The van der Waals surface area contributed by atoms with Gasteiger partial charge in [-0.25, -0.2) is 0 Å². The summed E-state index contributed by atoms with van der Waals surface area (Å²) in [5, 5.41) is 0. The standard InChI is InChI=1S/C14H20ClNO/c1-12-7-6-8-13(11-12)14(17)16(2)10-5-3-4-9-15/h6-8,11H,3-5,9-10H2,1-2H3. The fourth-order valence-electron chi connectivity index (χ4n) is 1.72. The van der Waals surface area contributed by atoms with Crippen LogP contribution in [0.3, 0.4) is 0 Å². The van der Waals surface area contributed by atoms with E-state index in [2.05, 4.69) is 0 Å². The molecule has 0 aromatic heterocycles. The molecule has 17 heavy (non-hydrogen) atoms. The van der Waals surface area contributed by atoms with Gasteiger partial charge < -0.3 is 4.90 Å². The van der Waals surface area contributed by atoms with E-state index in [0.717, 1.165) is 36.9 Å². The molecule has 3 heteroatoms. The molecular formula is C14H20ClNO. The van der Waals surface area contributed by atoms with Crippen LogP contribution < -0.4 is 0 Å². The first-order valence-electron chi connectivity index (χ1n) is 6.03. The summed E-state index contributed by atoms with van der Waals surface area (Å²) in [7, 11) is 1.85. The summed E-state index contributed by atoms with van der Waals surface area (Å²) in [5.74, 6) is 0.801. The average Bonchev–Trinajstić information content (AvgIpc) is 2.33. The predicted octanol–water partition coefficient (Wildman–Crippen LogP) is 3.48. The minimum Gasteiger partial charge on any atom is -0.342 e. The maximum Gasteiger partial charge on any atom is 0.253 e. The lowest BCUT2D eigenvalue weighted by atomic mass is 10.1. The summed E-state index contributed by atoms with van der Waals surface area (Å²) in [6, 6.07) is 7.71. The van der Waals surface area contributed by atoms with E-state index in [1.54, 1.807) is 4.90 Å². The Morgan fingerprint density at radius 3 is 2.71 bits per heavy atom. The lowest BCUT2D eigenvalue weighted by molar-refractivity contribution is 0.0792. The quantitative estimate of drug-likeness (QED) is 0.562. The number of hydrogen-bond donors (Lipinski definition) is 0. The Morgan fingerprint density at radius 1 is 1.29 bits per heavy atom. The van der Waals surface area contributed by atoms with E-state index < -0.39 is 0 Å². The van der Waals surface area contributed by atoms with E-state index in [1.165, 1.54) is 0 Å². The van der Waals surface area contributed by atoms with Gasteiger partial charge in [-0.3, -0.25) is 4.79 Å². The first-order chi connectivity index (χ1) is 8.15. The van der Waals surface area contributed by atoms with Crippen molar-refractivity contribution in [1.29, 1.82) is 0 Å². The van der Waals surface area contributed by atoms with E-state index >= 15 is 0 Å². The number of halogens is 1. The lowest BCUT2D eigenvalue weighted by Gasteiger charge is -2.17. The van der Waals surface area contributed by atoms with Crippen molar-refractivity contribution >= 4 is 17.5 Å². The Morgan fingerprint density at radius 2 is 2.06 bits per heavy atom. The van der Waals surface area contributed by atoms with Gasteiger partial charge in [0, 0.05) is 25.0 Å². The van der Waals surface area contributed by atoms with E-state index in [0.29, 0.717) is 5.88 Å². The molecule has 1 aromatic carbocycles. The fourth-order valence-corrected chi connectivity index (χ4v) is 1.91. The van der Waals surface area contributed by atoms with Gasteiger partial charge in [0.2, 0.25) is 0 Å². The minimum atomic E-state index is 0.0968. The third-order valence-corrected chi connectivity index (χ3v) is 3.01. The Bertz CT molecular complexity index is 365. The first-order valence-corrected chi connectivity index (χ1v) is 6.56. The van der Waals surface area contributed by atoms with Gasteiger partial charge in [0.1, 0.15) is 0 Å². The minimum absolute atomic E-state index is 0.0968. The third-order valence-electron chi connectivity index (χ3n) is 2.74. The third kappa shape index (κ3) is 4.78. The van der Waals surface area contributed by atoms with E-state index in [4.69, 9.17) is 11.6 Å². The maximum atomic E-state index is 12.1. The van der Waals surface area contributed by atoms with Crippen molar-refractivity contribution in [2.75, 3.05) is 19.5 Å². The Labute approximate surface area is 109 Å². The maximum absolute atomic E-state index is 12.1. The summed E-state index contributed by atoms with van der Waals surface area (Å²) < 4.78 is 0. The summed E-state index contributed by atoms with van der Waals surface area (Å²) in [4.78, 5) is 13.8. The molecule has 0 saturated carbocycles. The number of benzene rings is 1. The van der Waals surface area contributed by atoms with Crippen LogP contribution in [0.15, 0.2) is 24.3 Å². The molecule has 1 amide bonds. The number of amides is 1. The highest BCUT2D eigenvalue weighted by Gasteiger charge is 2.10. The smallest absolute Gasteiger partial charge is 0.253 e. The molecule has 0 spiro atoms. The molecule has 1 rings (SSSR count). The second-order valence-corrected chi connectivity index (χ2v) is 4.72. The van der Waals surface area contributed by atoms with Crippen LogP contribution in [0.25, 0.3) is 0 Å². The van der Waals surface area contributed by atoms with Gasteiger partial charge in [0.05, 0.1) is 0 Å². The normalized spacial score (nSPS) is 10.3. The van der Waals surface area contributed by atoms with Crippen molar-refractivity contribution in [3.8, 4) is 0 Å². The van der Waals surface area contributed by atoms with Crippen molar-refractivity contribution in [3.63, 3.8) is 0 Å². The van der Waals surface area contributed by atoms with Crippen LogP contribution in [-0.2, 0) is 0 Å². The highest BCUT2D eigenvalue weighted by molar-refractivity contribution is 6.17. The highest BCUT2D eigenvalue weighted by Crippen LogP contribution is 2.08. The average molecular weight is 254 g/mol. The lowest BCUT2D eigenvalue weighted by Crippen LogP contribution is -2.27. The van der Waals surface area contributed by atoms with Crippen LogP contribution in [-0.4, -0.2) is 30.3 Å². The molecule has 0 N–H and O–H groups in total. The van der Waals surface area contributed by atoms with Gasteiger partial charge in [0.15, 0.2) is 0 Å². The zero-order valence-corrected chi connectivity index (χ0v) is 11.3. The van der Waals surface area contributed by atoms with Crippen LogP contribution in [0, 0.1) is 6.92 Å². The summed E-state index contributed by atoms with van der Waals surface area (Å²) in [6.07, 6.45) is 3.11. The zero-order chi connectivity index (χ0) is 12.7.